The summed E-state index contributed by atoms with van der Waals surface area (Å²) in [5.74, 6) is 0.245. The highest BCUT2D eigenvalue weighted by atomic mass is 16.5. The van der Waals surface area contributed by atoms with Gasteiger partial charge in [0.15, 0.2) is 0 Å². The molecule has 1 fully saturated rings. The number of aliphatic hydroxyl groups is 1. The summed E-state index contributed by atoms with van der Waals surface area (Å²) in [7, 11) is 0. The maximum Gasteiger partial charge on any atom is 0.222 e. The molecule has 0 spiro atoms. The standard InChI is InChI=1S/C18H27NO3/c1-15-3-5-16(6-4-15)7-8-18(21)19-11-9-17(10-12-19)22-14-2-13-20/h3-6,17,20H,2,7-14H2,1H3. The Balaban J connectivity index is 1.67. The predicted molar refractivity (Wildman–Crippen MR) is 86.8 cm³/mol. The minimum Gasteiger partial charge on any atom is -0.396 e. The number of aryl methyl sites for hydroxylation is 2. The molecule has 1 aliphatic rings. The molecule has 1 aliphatic heterocycles. The quantitative estimate of drug-likeness (QED) is 0.787. The van der Waals surface area contributed by atoms with Gasteiger partial charge in [0.2, 0.25) is 5.91 Å². The predicted octanol–water partition coefficient (Wildman–Crippen LogP) is 2.32. The summed E-state index contributed by atoms with van der Waals surface area (Å²) in [6.45, 7) is 4.44. The Labute approximate surface area is 133 Å². The van der Waals surface area contributed by atoms with Gasteiger partial charge < -0.3 is 14.7 Å². The van der Waals surface area contributed by atoms with E-state index in [9.17, 15) is 4.79 Å². The number of nitrogens with zero attached hydrogens (tertiary/aromatic N) is 1. The highest BCUT2D eigenvalue weighted by Gasteiger charge is 2.22. The van der Waals surface area contributed by atoms with Gasteiger partial charge in [-0.25, -0.2) is 0 Å². The van der Waals surface area contributed by atoms with Crippen LogP contribution >= 0.6 is 0 Å². The average molecular weight is 305 g/mol. The van der Waals surface area contributed by atoms with Gasteiger partial charge in [-0.15, -0.1) is 0 Å². The Kier molecular flexibility index (Phi) is 6.87. The number of amides is 1. The van der Waals surface area contributed by atoms with E-state index in [1.807, 2.05) is 4.90 Å². The first-order valence-electron chi connectivity index (χ1n) is 8.25. The Bertz CT molecular complexity index is 450. The summed E-state index contributed by atoms with van der Waals surface area (Å²) in [6.07, 6.45) is 4.14. The smallest absolute Gasteiger partial charge is 0.222 e. The van der Waals surface area contributed by atoms with Crippen molar-refractivity contribution in [1.29, 1.82) is 0 Å². The normalized spacial score (nSPS) is 16.0. The molecule has 4 heteroatoms. The second-order valence-corrected chi connectivity index (χ2v) is 6.01. The van der Waals surface area contributed by atoms with Gasteiger partial charge in [-0.3, -0.25) is 4.79 Å². The van der Waals surface area contributed by atoms with Crippen molar-refractivity contribution in [3.8, 4) is 0 Å². The van der Waals surface area contributed by atoms with Gasteiger partial charge in [-0.2, -0.15) is 0 Å². The lowest BCUT2D eigenvalue weighted by Gasteiger charge is -2.32. The molecule has 1 amide bonds. The van der Waals surface area contributed by atoms with Crippen LogP contribution in [0.3, 0.4) is 0 Å². The fourth-order valence-corrected chi connectivity index (χ4v) is 2.75. The number of ether oxygens (including phenoxy) is 1. The molecule has 1 N–H and O–H groups in total. The fourth-order valence-electron chi connectivity index (χ4n) is 2.75. The second-order valence-electron chi connectivity index (χ2n) is 6.01. The number of hydrogen-bond acceptors (Lipinski definition) is 3. The number of piperidine rings is 1. The summed E-state index contributed by atoms with van der Waals surface area (Å²) in [4.78, 5) is 14.2. The highest BCUT2D eigenvalue weighted by molar-refractivity contribution is 5.76. The fraction of sp³-hybridized carbons (Fsp3) is 0.611. The molecule has 0 aliphatic carbocycles. The number of likely N-dealkylation sites (tertiary alicyclic amines) is 1. The maximum atomic E-state index is 12.3. The van der Waals surface area contributed by atoms with E-state index >= 15 is 0 Å². The van der Waals surface area contributed by atoms with Crippen molar-refractivity contribution >= 4 is 5.91 Å². The van der Waals surface area contributed by atoms with Gasteiger partial charge in [0, 0.05) is 32.7 Å². The van der Waals surface area contributed by atoms with Crippen LogP contribution in [0.2, 0.25) is 0 Å². The van der Waals surface area contributed by atoms with Gasteiger partial charge >= 0.3 is 0 Å². The third-order valence-electron chi connectivity index (χ3n) is 4.20. The lowest BCUT2D eigenvalue weighted by molar-refractivity contribution is -0.133. The molecule has 1 aromatic rings. The average Bonchev–Trinajstić information content (AvgIpc) is 2.55. The molecule has 0 bridgehead atoms. The Morgan fingerprint density at radius 2 is 1.95 bits per heavy atom. The Morgan fingerprint density at radius 1 is 1.27 bits per heavy atom. The molecule has 4 nitrogen and oxygen atoms in total. The first-order chi connectivity index (χ1) is 10.7. The van der Waals surface area contributed by atoms with Crippen molar-refractivity contribution in [2.75, 3.05) is 26.3 Å². The summed E-state index contributed by atoms with van der Waals surface area (Å²) in [5.41, 5.74) is 2.47. The number of carbonyl (C=O) groups excluding carboxylic acids is 1. The van der Waals surface area contributed by atoms with Gasteiger partial charge in [0.25, 0.3) is 0 Å². The van der Waals surface area contributed by atoms with Gasteiger partial charge in [0.1, 0.15) is 0 Å². The lowest BCUT2D eigenvalue weighted by Crippen LogP contribution is -2.41. The molecule has 0 unspecified atom stereocenters. The molecular weight excluding hydrogens is 278 g/mol. The Hall–Kier alpha value is -1.39. The number of hydrogen-bond donors (Lipinski definition) is 1. The van der Waals surface area contributed by atoms with Crippen LogP contribution in [0.25, 0.3) is 0 Å². The van der Waals surface area contributed by atoms with Crippen molar-refractivity contribution < 1.29 is 14.6 Å². The molecule has 1 aromatic carbocycles. The zero-order valence-corrected chi connectivity index (χ0v) is 13.5. The molecular formula is C18H27NO3. The molecule has 2 rings (SSSR count). The van der Waals surface area contributed by atoms with Crippen molar-refractivity contribution in [1.82, 2.24) is 4.90 Å². The molecule has 0 atom stereocenters. The molecule has 1 heterocycles. The van der Waals surface area contributed by atoms with Crippen LogP contribution in [0.4, 0.5) is 0 Å². The van der Waals surface area contributed by atoms with Crippen LogP contribution in [0, 0.1) is 6.92 Å². The lowest BCUT2D eigenvalue weighted by atomic mass is 10.0. The van der Waals surface area contributed by atoms with Crippen molar-refractivity contribution in [2.24, 2.45) is 0 Å². The SMILES string of the molecule is Cc1ccc(CCC(=O)N2CCC(OCCCO)CC2)cc1. The summed E-state index contributed by atoms with van der Waals surface area (Å²) in [6, 6.07) is 8.39. The number of rotatable bonds is 7. The number of benzene rings is 1. The van der Waals surface area contributed by atoms with Crippen LogP contribution < -0.4 is 0 Å². The first kappa shape index (κ1) is 17.0. The zero-order chi connectivity index (χ0) is 15.8. The zero-order valence-electron chi connectivity index (χ0n) is 13.5. The van der Waals surface area contributed by atoms with E-state index in [1.54, 1.807) is 0 Å². The van der Waals surface area contributed by atoms with Crippen LogP contribution in [-0.2, 0) is 16.0 Å². The van der Waals surface area contributed by atoms with E-state index in [-0.39, 0.29) is 18.6 Å². The third-order valence-corrected chi connectivity index (χ3v) is 4.20. The molecule has 122 valence electrons. The largest absolute Gasteiger partial charge is 0.396 e. The van der Waals surface area contributed by atoms with Crippen molar-refractivity contribution in [3.63, 3.8) is 0 Å². The minimum atomic E-state index is 0.177. The molecule has 0 aromatic heterocycles. The van der Waals surface area contributed by atoms with E-state index < -0.39 is 0 Å². The van der Waals surface area contributed by atoms with E-state index in [0.717, 1.165) is 32.4 Å². The van der Waals surface area contributed by atoms with Crippen LogP contribution in [-0.4, -0.2) is 48.3 Å². The Morgan fingerprint density at radius 3 is 2.59 bits per heavy atom. The summed E-state index contributed by atoms with van der Waals surface area (Å²) < 4.78 is 5.69. The first-order valence-corrected chi connectivity index (χ1v) is 8.25. The molecule has 22 heavy (non-hydrogen) atoms. The monoisotopic (exact) mass is 305 g/mol. The summed E-state index contributed by atoms with van der Waals surface area (Å²) in [5, 5.41) is 8.75. The second kappa shape index (κ2) is 8.91. The maximum absolute atomic E-state index is 12.3. The molecule has 1 saturated heterocycles. The third kappa shape index (κ3) is 5.43. The topological polar surface area (TPSA) is 49.8 Å². The molecule has 0 radical (unpaired) electrons. The number of aliphatic hydroxyl groups excluding tert-OH is 1. The van der Waals surface area contributed by atoms with Crippen molar-refractivity contribution in [3.05, 3.63) is 35.4 Å². The number of carbonyl (C=O) groups is 1. The van der Waals surface area contributed by atoms with Crippen LogP contribution in [0.15, 0.2) is 24.3 Å². The minimum absolute atomic E-state index is 0.177. The van der Waals surface area contributed by atoms with E-state index in [4.69, 9.17) is 9.84 Å². The van der Waals surface area contributed by atoms with E-state index in [2.05, 4.69) is 31.2 Å². The van der Waals surface area contributed by atoms with E-state index in [1.165, 1.54) is 11.1 Å². The highest BCUT2D eigenvalue weighted by Crippen LogP contribution is 2.16. The van der Waals surface area contributed by atoms with Crippen LogP contribution in [0.5, 0.6) is 0 Å². The van der Waals surface area contributed by atoms with E-state index in [0.29, 0.717) is 19.4 Å². The van der Waals surface area contributed by atoms with Gasteiger partial charge in [-0.1, -0.05) is 29.8 Å². The van der Waals surface area contributed by atoms with Gasteiger partial charge in [0.05, 0.1) is 6.10 Å². The van der Waals surface area contributed by atoms with Crippen molar-refractivity contribution in [2.45, 2.75) is 45.1 Å². The van der Waals surface area contributed by atoms with Crippen LogP contribution in [0.1, 0.15) is 36.8 Å². The summed E-state index contributed by atoms with van der Waals surface area (Å²) >= 11 is 0. The van der Waals surface area contributed by atoms with Gasteiger partial charge in [-0.05, 0) is 38.2 Å². The molecule has 0 saturated carbocycles.